The third-order valence-corrected chi connectivity index (χ3v) is 4.36. The predicted molar refractivity (Wildman–Crippen MR) is 77.0 cm³/mol. The monoisotopic (exact) mass is 292 g/mol. The number of benzene rings is 2. The molecular weight excluding hydrogens is 279 g/mol. The summed E-state index contributed by atoms with van der Waals surface area (Å²) in [6.45, 7) is 2.18. The van der Waals surface area contributed by atoms with Gasteiger partial charge < -0.3 is 0 Å². The Kier molecular flexibility index (Phi) is 4.15. The maximum absolute atomic E-state index is 3.53. The minimum atomic E-state index is 0.854. The van der Waals surface area contributed by atoms with Crippen LogP contribution < -0.4 is 5.30 Å². The van der Waals surface area contributed by atoms with Crippen molar-refractivity contribution in [3.05, 3.63) is 64.1 Å². The van der Waals surface area contributed by atoms with E-state index in [2.05, 4.69) is 71.4 Å². The van der Waals surface area contributed by atoms with E-state index in [0.29, 0.717) is 0 Å². The van der Waals surface area contributed by atoms with E-state index in [1.54, 1.807) is 0 Å². The Bertz CT molecular complexity index is 465. The van der Waals surface area contributed by atoms with E-state index >= 15 is 0 Å². The van der Waals surface area contributed by atoms with Crippen molar-refractivity contribution in [1.82, 2.24) is 0 Å². The molecule has 0 aromatic heterocycles. The van der Waals surface area contributed by atoms with Crippen LogP contribution in [0.5, 0.6) is 0 Å². The van der Waals surface area contributed by atoms with Gasteiger partial charge in [0.2, 0.25) is 0 Å². The largest absolute Gasteiger partial charge is 0.0859 e. The number of hydrogen-bond acceptors (Lipinski definition) is 0. The molecule has 2 aromatic rings. The Balaban J connectivity index is 2.08. The standard InChI is InChI=1S/C14H14BrP/c1-11-7-8-13(15)9-12(11)10-16-14-5-3-2-4-6-14/h2-9,16H,10H2,1H3. The van der Waals surface area contributed by atoms with Crippen LogP contribution in [0.15, 0.2) is 53.0 Å². The highest BCUT2D eigenvalue weighted by molar-refractivity contribution is 9.10. The summed E-state index contributed by atoms with van der Waals surface area (Å²) in [7, 11) is 0.854. The van der Waals surface area contributed by atoms with Crippen molar-refractivity contribution in [2.75, 3.05) is 0 Å². The van der Waals surface area contributed by atoms with Crippen LogP contribution in [0.4, 0.5) is 0 Å². The van der Waals surface area contributed by atoms with Crippen LogP contribution in [0.2, 0.25) is 0 Å². The fourth-order valence-corrected chi connectivity index (χ4v) is 3.20. The van der Waals surface area contributed by atoms with E-state index in [-0.39, 0.29) is 0 Å². The quantitative estimate of drug-likeness (QED) is 0.742. The molecule has 0 saturated heterocycles. The first kappa shape index (κ1) is 11.8. The van der Waals surface area contributed by atoms with Gasteiger partial charge >= 0.3 is 0 Å². The molecule has 82 valence electrons. The zero-order valence-electron chi connectivity index (χ0n) is 9.20. The number of rotatable bonds is 3. The fraction of sp³-hybridized carbons (Fsp3) is 0.143. The molecule has 0 aliphatic rings. The van der Waals surface area contributed by atoms with Gasteiger partial charge in [-0.1, -0.05) is 60.9 Å². The molecule has 0 aliphatic heterocycles. The van der Waals surface area contributed by atoms with Crippen LogP contribution in [0.3, 0.4) is 0 Å². The van der Waals surface area contributed by atoms with Gasteiger partial charge in [-0.15, -0.1) is 0 Å². The van der Waals surface area contributed by atoms with Crippen molar-refractivity contribution in [1.29, 1.82) is 0 Å². The summed E-state index contributed by atoms with van der Waals surface area (Å²) in [5.74, 6) is 0. The van der Waals surface area contributed by atoms with Crippen LogP contribution in [0.1, 0.15) is 11.1 Å². The first-order chi connectivity index (χ1) is 7.75. The lowest BCUT2D eigenvalue weighted by Crippen LogP contribution is -1.94. The highest BCUT2D eigenvalue weighted by Crippen LogP contribution is 2.23. The molecule has 0 fully saturated rings. The lowest BCUT2D eigenvalue weighted by atomic mass is 10.1. The summed E-state index contributed by atoms with van der Waals surface area (Å²) < 4.78 is 1.17. The molecule has 0 saturated carbocycles. The third kappa shape index (κ3) is 3.17. The van der Waals surface area contributed by atoms with Crippen LogP contribution in [-0.2, 0) is 6.16 Å². The van der Waals surface area contributed by atoms with Gasteiger partial charge in [0, 0.05) is 4.47 Å². The van der Waals surface area contributed by atoms with Crippen LogP contribution in [0, 0.1) is 6.92 Å². The molecule has 0 bridgehead atoms. The van der Waals surface area contributed by atoms with Gasteiger partial charge in [-0.2, -0.15) is 0 Å². The zero-order valence-corrected chi connectivity index (χ0v) is 11.8. The minimum absolute atomic E-state index is 0.854. The van der Waals surface area contributed by atoms with Crippen molar-refractivity contribution in [3.8, 4) is 0 Å². The Hall–Kier alpha value is -0.650. The maximum atomic E-state index is 3.53. The van der Waals surface area contributed by atoms with E-state index in [1.807, 2.05) is 0 Å². The highest BCUT2D eigenvalue weighted by Gasteiger charge is 2.00. The highest BCUT2D eigenvalue weighted by atomic mass is 79.9. The Morgan fingerprint density at radius 1 is 1.06 bits per heavy atom. The molecule has 2 aromatic carbocycles. The van der Waals surface area contributed by atoms with Gasteiger partial charge in [0.1, 0.15) is 0 Å². The molecule has 0 nitrogen and oxygen atoms in total. The molecule has 1 unspecified atom stereocenters. The van der Waals surface area contributed by atoms with Crippen molar-refractivity contribution in [3.63, 3.8) is 0 Å². The number of hydrogen-bond donors (Lipinski definition) is 0. The normalized spacial score (nSPS) is 11.1. The Morgan fingerprint density at radius 2 is 1.81 bits per heavy atom. The maximum Gasteiger partial charge on any atom is 0.0178 e. The summed E-state index contributed by atoms with van der Waals surface area (Å²) in [5, 5.41) is 1.43. The van der Waals surface area contributed by atoms with E-state index in [9.17, 15) is 0 Å². The summed E-state index contributed by atoms with van der Waals surface area (Å²) >= 11 is 3.53. The minimum Gasteiger partial charge on any atom is -0.0859 e. The molecule has 0 radical (unpaired) electrons. The number of aryl methyl sites for hydroxylation is 1. The topological polar surface area (TPSA) is 0 Å². The molecule has 16 heavy (non-hydrogen) atoms. The molecule has 2 heteroatoms. The molecule has 1 atom stereocenters. The number of halogens is 1. The summed E-state index contributed by atoms with van der Waals surface area (Å²) in [4.78, 5) is 0. The van der Waals surface area contributed by atoms with Crippen molar-refractivity contribution in [2.24, 2.45) is 0 Å². The van der Waals surface area contributed by atoms with Crippen LogP contribution >= 0.6 is 24.5 Å². The molecule has 0 amide bonds. The lowest BCUT2D eigenvalue weighted by molar-refractivity contribution is 1.30. The fourth-order valence-electron chi connectivity index (χ4n) is 1.58. The van der Waals surface area contributed by atoms with Crippen molar-refractivity contribution >= 4 is 29.8 Å². The van der Waals surface area contributed by atoms with Gasteiger partial charge in [0.15, 0.2) is 0 Å². The van der Waals surface area contributed by atoms with Gasteiger partial charge in [0.05, 0.1) is 0 Å². The molecule has 0 N–H and O–H groups in total. The molecule has 0 spiro atoms. The molecule has 0 heterocycles. The second-order valence-corrected chi connectivity index (χ2v) is 5.99. The molecule has 2 rings (SSSR count). The summed E-state index contributed by atoms with van der Waals surface area (Å²) in [6.07, 6.45) is 1.13. The van der Waals surface area contributed by atoms with Crippen LogP contribution in [-0.4, -0.2) is 0 Å². The summed E-state index contributed by atoms with van der Waals surface area (Å²) in [5.41, 5.74) is 2.82. The smallest absolute Gasteiger partial charge is 0.0178 e. The van der Waals surface area contributed by atoms with Crippen LogP contribution in [0.25, 0.3) is 0 Å². The SMILES string of the molecule is Cc1ccc(Br)cc1CPc1ccccc1. The average molecular weight is 293 g/mol. The molecule has 0 aliphatic carbocycles. The van der Waals surface area contributed by atoms with E-state index in [4.69, 9.17) is 0 Å². The first-order valence-corrected chi connectivity index (χ1v) is 7.29. The molecular formula is C14H14BrP. The average Bonchev–Trinajstić information content (AvgIpc) is 2.32. The second kappa shape index (κ2) is 5.61. The van der Waals surface area contributed by atoms with E-state index in [1.165, 1.54) is 20.9 Å². The second-order valence-electron chi connectivity index (χ2n) is 3.79. The predicted octanol–water partition coefficient (Wildman–Crippen LogP) is 4.26. The van der Waals surface area contributed by atoms with E-state index in [0.717, 1.165) is 14.7 Å². The van der Waals surface area contributed by atoms with E-state index < -0.39 is 0 Å². The Labute approximate surface area is 107 Å². The third-order valence-electron chi connectivity index (χ3n) is 2.57. The lowest BCUT2D eigenvalue weighted by Gasteiger charge is -2.06. The van der Waals surface area contributed by atoms with Crippen molar-refractivity contribution in [2.45, 2.75) is 13.1 Å². The van der Waals surface area contributed by atoms with Gasteiger partial charge in [0.25, 0.3) is 0 Å². The first-order valence-electron chi connectivity index (χ1n) is 5.29. The van der Waals surface area contributed by atoms with Crippen molar-refractivity contribution < 1.29 is 0 Å². The Morgan fingerprint density at radius 3 is 2.56 bits per heavy atom. The zero-order chi connectivity index (χ0) is 11.4. The van der Waals surface area contributed by atoms with Gasteiger partial charge in [-0.05, 0) is 41.6 Å². The van der Waals surface area contributed by atoms with Gasteiger partial charge in [-0.25, -0.2) is 0 Å². The summed E-state index contributed by atoms with van der Waals surface area (Å²) in [6, 6.07) is 17.2. The van der Waals surface area contributed by atoms with Gasteiger partial charge in [-0.3, -0.25) is 0 Å².